The standard InChI is InChI=1S/C12H18N2/c1-12(2)10-8-6-3-4-7(5-6)9(8)11(12)14-13-10/h6-11H,3-5H2,1-2H3. The van der Waals surface area contributed by atoms with Crippen molar-refractivity contribution in [1.82, 2.24) is 0 Å². The van der Waals surface area contributed by atoms with E-state index in [1.807, 2.05) is 0 Å². The van der Waals surface area contributed by atoms with Crippen molar-refractivity contribution in [3.05, 3.63) is 0 Å². The summed E-state index contributed by atoms with van der Waals surface area (Å²) in [6, 6.07) is 1.15. The van der Waals surface area contributed by atoms with Crippen molar-refractivity contribution in [1.29, 1.82) is 0 Å². The molecule has 3 saturated carbocycles. The van der Waals surface area contributed by atoms with Gasteiger partial charge in [0.15, 0.2) is 0 Å². The Kier molecular flexibility index (Phi) is 1.16. The molecule has 6 unspecified atom stereocenters. The quantitative estimate of drug-likeness (QED) is 0.525. The van der Waals surface area contributed by atoms with E-state index in [0.29, 0.717) is 17.5 Å². The first kappa shape index (κ1) is 7.84. The van der Waals surface area contributed by atoms with Crippen molar-refractivity contribution in [2.75, 3.05) is 0 Å². The van der Waals surface area contributed by atoms with E-state index in [9.17, 15) is 0 Å². The number of hydrogen-bond donors (Lipinski definition) is 0. The molecule has 0 saturated heterocycles. The Morgan fingerprint density at radius 1 is 0.929 bits per heavy atom. The van der Waals surface area contributed by atoms with Crippen LogP contribution in [0.15, 0.2) is 10.2 Å². The van der Waals surface area contributed by atoms with Crippen LogP contribution in [0, 0.1) is 29.1 Å². The lowest BCUT2D eigenvalue weighted by Gasteiger charge is -2.29. The lowest BCUT2D eigenvalue weighted by atomic mass is 9.79. The van der Waals surface area contributed by atoms with Crippen molar-refractivity contribution in [2.45, 2.75) is 45.2 Å². The Morgan fingerprint density at radius 2 is 1.43 bits per heavy atom. The second-order valence-corrected chi connectivity index (χ2v) is 6.43. The lowest BCUT2D eigenvalue weighted by Crippen LogP contribution is -2.29. The average molecular weight is 190 g/mol. The predicted octanol–water partition coefficient (Wildman–Crippen LogP) is 2.89. The molecule has 6 atom stereocenters. The van der Waals surface area contributed by atoms with Gasteiger partial charge < -0.3 is 0 Å². The molecule has 2 heteroatoms. The van der Waals surface area contributed by atoms with Crippen LogP contribution in [0.1, 0.15) is 33.1 Å². The van der Waals surface area contributed by atoms with Gasteiger partial charge in [-0.1, -0.05) is 13.8 Å². The van der Waals surface area contributed by atoms with E-state index in [1.165, 1.54) is 19.3 Å². The number of azo groups is 1. The zero-order valence-electron chi connectivity index (χ0n) is 8.98. The maximum absolute atomic E-state index is 4.54. The predicted molar refractivity (Wildman–Crippen MR) is 54.0 cm³/mol. The van der Waals surface area contributed by atoms with Gasteiger partial charge >= 0.3 is 0 Å². The maximum Gasteiger partial charge on any atom is 0.0814 e. The van der Waals surface area contributed by atoms with Gasteiger partial charge in [-0.2, -0.15) is 10.2 Å². The summed E-state index contributed by atoms with van der Waals surface area (Å²) in [6.45, 7) is 4.78. The fraction of sp³-hybridized carbons (Fsp3) is 1.00. The van der Waals surface area contributed by atoms with Gasteiger partial charge in [0.05, 0.1) is 12.1 Å². The molecule has 0 spiro atoms. The van der Waals surface area contributed by atoms with E-state index in [-0.39, 0.29) is 0 Å². The summed E-state index contributed by atoms with van der Waals surface area (Å²) in [6.07, 6.45) is 4.48. The Hall–Kier alpha value is -0.400. The molecule has 3 fully saturated rings. The normalized spacial score (nSPS) is 61.0. The molecule has 0 radical (unpaired) electrons. The zero-order chi connectivity index (χ0) is 9.50. The average Bonchev–Trinajstić information content (AvgIpc) is 2.84. The third kappa shape index (κ3) is 0.627. The molecule has 2 nitrogen and oxygen atoms in total. The largest absolute Gasteiger partial charge is 0.190 e. The number of hydrogen-bond acceptors (Lipinski definition) is 2. The highest BCUT2D eigenvalue weighted by atomic mass is 15.2. The molecule has 0 aromatic heterocycles. The first-order chi connectivity index (χ1) is 6.69. The van der Waals surface area contributed by atoms with Crippen LogP contribution in [0.5, 0.6) is 0 Å². The summed E-state index contributed by atoms with van der Waals surface area (Å²) in [5.41, 5.74) is 0.386. The van der Waals surface area contributed by atoms with Crippen molar-refractivity contribution >= 4 is 0 Å². The van der Waals surface area contributed by atoms with Crippen LogP contribution in [0.25, 0.3) is 0 Å². The highest BCUT2D eigenvalue weighted by molar-refractivity contribution is 5.19. The van der Waals surface area contributed by atoms with E-state index in [4.69, 9.17) is 0 Å². The van der Waals surface area contributed by atoms with Gasteiger partial charge in [0.1, 0.15) is 0 Å². The molecule has 0 aromatic carbocycles. The maximum atomic E-state index is 4.54. The fourth-order valence-electron chi connectivity index (χ4n) is 5.08. The summed E-state index contributed by atoms with van der Waals surface area (Å²) >= 11 is 0. The minimum absolute atomic E-state index is 0.386. The molecule has 76 valence electrons. The van der Waals surface area contributed by atoms with Gasteiger partial charge in [-0.25, -0.2) is 0 Å². The second kappa shape index (κ2) is 2.07. The van der Waals surface area contributed by atoms with Gasteiger partial charge in [0, 0.05) is 5.41 Å². The van der Waals surface area contributed by atoms with Crippen molar-refractivity contribution in [2.24, 2.45) is 39.3 Å². The van der Waals surface area contributed by atoms with Crippen molar-refractivity contribution < 1.29 is 0 Å². The Morgan fingerprint density at radius 3 is 1.93 bits per heavy atom. The molecule has 14 heavy (non-hydrogen) atoms. The highest BCUT2D eigenvalue weighted by Gasteiger charge is 2.67. The van der Waals surface area contributed by atoms with Gasteiger partial charge in [0.2, 0.25) is 0 Å². The molecule has 1 heterocycles. The SMILES string of the molecule is CC1(C)C2N=NC1C1C3CCC(C3)C12. The second-order valence-electron chi connectivity index (χ2n) is 6.43. The molecule has 0 aromatic rings. The van der Waals surface area contributed by atoms with E-state index in [2.05, 4.69) is 24.1 Å². The molecule has 1 aliphatic heterocycles. The molecular formula is C12H18N2. The summed E-state index contributed by atoms with van der Waals surface area (Å²) < 4.78 is 0. The van der Waals surface area contributed by atoms with Gasteiger partial charge in [-0.05, 0) is 42.9 Å². The van der Waals surface area contributed by atoms with Crippen molar-refractivity contribution in [3.63, 3.8) is 0 Å². The summed E-state index contributed by atoms with van der Waals surface area (Å²) in [4.78, 5) is 0. The minimum Gasteiger partial charge on any atom is -0.190 e. The Balaban J connectivity index is 1.83. The van der Waals surface area contributed by atoms with Gasteiger partial charge in [-0.3, -0.25) is 0 Å². The lowest BCUT2D eigenvalue weighted by molar-refractivity contribution is 0.209. The topological polar surface area (TPSA) is 24.7 Å². The van der Waals surface area contributed by atoms with Crippen LogP contribution in [0.2, 0.25) is 0 Å². The first-order valence-corrected chi connectivity index (χ1v) is 6.09. The minimum atomic E-state index is 0.386. The summed E-state index contributed by atoms with van der Waals surface area (Å²) in [5.74, 6) is 3.87. The molecular weight excluding hydrogens is 172 g/mol. The molecule has 4 rings (SSSR count). The van der Waals surface area contributed by atoms with Crippen LogP contribution in [0.3, 0.4) is 0 Å². The van der Waals surface area contributed by atoms with Crippen LogP contribution < -0.4 is 0 Å². The molecule has 4 aliphatic rings. The van der Waals surface area contributed by atoms with Crippen molar-refractivity contribution in [3.8, 4) is 0 Å². The summed E-state index contributed by atoms with van der Waals surface area (Å²) in [5, 5.41) is 9.09. The first-order valence-electron chi connectivity index (χ1n) is 6.09. The van der Waals surface area contributed by atoms with Crippen LogP contribution in [-0.4, -0.2) is 12.1 Å². The molecule has 3 aliphatic carbocycles. The molecule has 0 amide bonds. The van der Waals surface area contributed by atoms with Crippen LogP contribution in [-0.2, 0) is 0 Å². The summed E-state index contributed by atoms with van der Waals surface area (Å²) in [7, 11) is 0. The highest BCUT2D eigenvalue weighted by Crippen LogP contribution is 2.66. The Labute approximate surface area is 85.2 Å². The van der Waals surface area contributed by atoms with Gasteiger partial charge in [0.25, 0.3) is 0 Å². The number of rotatable bonds is 0. The van der Waals surface area contributed by atoms with Crippen LogP contribution >= 0.6 is 0 Å². The molecule has 4 bridgehead atoms. The number of nitrogens with zero attached hydrogens (tertiary/aromatic N) is 2. The van der Waals surface area contributed by atoms with E-state index in [1.54, 1.807) is 0 Å². The van der Waals surface area contributed by atoms with E-state index in [0.717, 1.165) is 23.7 Å². The van der Waals surface area contributed by atoms with Crippen LogP contribution in [0.4, 0.5) is 0 Å². The zero-order valence-corrected chi connectivity index (χ0v) is 8.98. The molecule has 0 N–H and O–H groups in total. The number of fused-ring (bicyclic) bond motifs is 9. The third-order valence-electron chi connectivity index (χ3n) is 5.62. The Bertz CT molecular complexity index is 292. The van der Waals surface area contributed by atoms with E-state index >= 15 is 0 Å². The van der Waals surface area contributed by atoms with Gasteiger partial charge in [-0.15, -0.1) is 0 Å². The smallest absolute Gasteiger partial charge is 0.0814 e. The third-order valence-corrected chi connectivity index (χ3v) is 5.62. The fourth-order valence-corrected chi connectivity index (χ4v) is 5.08. The monoisotopic (exact) mass is 190 g/mol. The van der Waals surface area contributed by atoms with E-state index < -0.39 is 0 Å².